The van der Waals surface area contributed by atoms with Gasteiger partial charge in [0, 0.05) is 39.0 Å². The van der Waals surface area contributed by atoms with Crippen molar-refractivity contribution in [1.82, 2.24) is 14.3 Å². The minimum Gasteiger partial charge on any atom is -0.382 e. The van der Waals surface area contributed by atoms with Gasteiger partial charge in [0.15, 0.2) is 0 Å². The summed E-state index contributed by atoms with van der Waals surface area (Å²) >= 11 is 6.69. The van der Waals surface area contributed by atoms with Gasteiger partial charge in [0.05, 0.1) is 10.5 Å². The molecule has 0 bridgehead atoms. The molecule has 0 N–H and O–H groups in total. The lowest BCUT2D eigenvalue weighted by Gasteiger charge is -2.32. The van der Waals surface area contributed by atoms with Gasteiger partial charge in [0.1, 0.15) is 15.8 Å². The van der Waals surface area contributed by atoms with Crippen LogP contribution in [0.1, 0.15) is 38.7 Å². The predicted molar refractivity (Wildman–Crippen MR) is 133 cm³/mol. The van der Waals surface area contributed by atoms with E-state index in [1.54, 1.807) is 23.2 Å². The molecule has 7 nitrogen and oxygen atoms in total. The van der Waals surface area contributed by atoms with E-state index in [0.717, 1.165) is 25.9 Å². The summed E-state index contributed by atoms with van der Waals surface area (Å²) in [6, 6.07) is 5.51. The van der Waals surface area contributed by atoms with Crippen LogP contribution >= 0.6 is 24.0 Å². The summed E-state index contributed by atoms with van der Waals surface area (Å²) in [4.78, 5) is 35.5. The Labute approximate surface area is 197 Å². The minimum atomic E-state index is -0.175. The van der Waals surface area contributed by atoms with E-state index in [-0.39, 0.29) is 11.5 Å². The summed E-state index contributed by atoms with van der Waals surface area (Å²) in [6.45, 7) is 7.62. The highest BCUT2D eigenvalue weighted by Gasteiger charge is 2.32. The van der Waals surface area contributed by atoms with Crippen molar-refractivity contribution in [2.24, 2.45) is 5.92 Å². The standard InChI is InChI=1S/C23H28N4O3S2/c1-3-30-14-6-11-27-22(29)18(32-23(27)31)15-17-20(25-12-8-16(2)9-13-25)24-19-7-4-5-10-26(19)21(17)28/h4-5,7,10,15-16H,3,6,8-9,11-14H2,1-2H3/b18-15+. The fourth-order valence-corrected chi connectivity index (χ4v) is 5.26. The van der Waals surface area contributed by atoms with Gasteiger partial charge in [-0.3, -0.25) is 18.9 Å². The molecule has 9 heteroatoms. The molecular formula is C23H28N4O3S2. The second-order valence-electron chi connectivity index (χ2n) is 8.14. The maximum atomic E-state index is 13.4. The van der Waals surface area contributed by atoms with Gasteiger partial charge in [0.25, 0.3) is 11.5 Å². The SMILES string of the molecule is CCOCCCN1C(=O)/C(=C\c2c(N3CCC(C)CC3)nc3ccccn3c2=O)SC1=S. The molecule has 2 fully saturated rings. The molecule has 0 aliphatic carbocycles. The first kappa shape index (κ1) is 22.9. The Bertz CT molecular complexity index is 1110. The number of carbonyl (C=O) groups is 1. The van der Waals surface area contributed by atoms with Gasteiger partial charge in [-0.2, -0.15) is 0 Å². The van der Waals surface area contributed by atoms with Crippen LogP contribution in [-0.2, 0) is 9.53 Å². The summed E-state index contributed by atoms with van der Waals surface area (Å²) in [5, 5.41) is 0. The van der Waals surface area contributed by atoms with Crippen molar-refractivity contribution in [1.29, 1.82) is 0 Å². The molecule has 2 aliphatic heterocycles. The summed E-state index contributed by atoms with van der Waals surface area (Å²) in [6.07, 6.45) is 6.21. The van der Waals surface area contributed by atoms with Crippen LogP contribution in [0.4, 0.5) is 5.82 Å². The van der Waals surface area contributed by atoms with Crippen molar-refractivity contribution in [3.8, 4) is 0 Å². The minimum absolute atomic E-state index is 0.160. The quantitative estimate of drug-likeness (QED) is 0.347. The van der Waals surface area contributed by atoms with Gasteiger partial charge in [-0.15, -0.1) is 0 Å². The second-order valence-corrected chi connectivity index (χ2v) is 9.81. The molecule has 2 aliphatic rings. The van der Waals surface area contributed by atoms with E-state index in [2.05, 4.69) is 11.8 Å². The second kappa shape index (κ2) is 10.1. The van der Waals surface area contributed by atoms with Crippen LogP contribution < -0.4 is 10.5 Å². The molecule has 0 aromatic carbocycles. The molecule has 1 amide bonds. The summed E-state index contributed by atoms with van der Waals surface area (Å²) < 4.78 is 7.42. The van der Waals surface area contributed by atoms with Crippen LogP contribution in [0.3, 0.4) is 0 Å². The van der Waals surface area contributed by atoms with E-state index in [9.17, 15) is 9.59 Å². The van der Waals surface area contributed by atoms with Gasteiger partial charge in [-0.05, 0) is 50.3 Å². The van der Waals surface area contributed by atoms with Crippen LogP contribution in [0.15, 0.2) is 34.1 Å². The van der Waals surface area contributed by atoms with Crippen molar-refractivity contribution in [3.63, 3.8) is 0 Å². The third-order valence-electron chi connectivity index (χ3n) is 5.86. The smallest absolute Gasteiger partial charge is 0.267 e. The van der Waals surface area contributed by atoms with E-state index < -0.39 is 0 Å². The molecule has 2 saturated heterocycles. The van der Waals surface area contributed by atoms with Crippen molar-refractivity contribution in [3.05, 3.63) is 45.2 Å². The monoisotopic (exact) mass is 472 g/mol. The zero-order valence-corrected chi connectivity index (χ0v) is 20.1. The molecule has 2 aromatic rings. The average Bonchev–Trinajstić information content (AvgIpc) is 3.06. The number of aromatic nitrogens is 2. The Hall–Kier alpha value is -2.23. The Morgan fingerprint density at radius 1 is 1.28 bits per heavy atom. The number of carbonyl (C=O) groups excluding carboxylic acids is 1. The molecule has 4 rings (SSSR count). The van der Waals surface area contributed by atoms with Gasteiger partial charge in [0.2, 0.25) is 0 Å². The number of amides is 1. The highest BCUT2D eigenvalue weighted by atomic mass is 32.2. The summed E-state index contributed by atoms with van der Waals surface area (Å²) in [5.41, 5.74) is 0.871. The number of fused-ring (bicyclic) bond motifs is 1. The van der Waals surface area contributed by atoms with Crippen molar-refractivity contribution < 1.29 is 9.53 Å². The van der Waals surface area contributed by atoms with Crippen LogP contribution in [-0.4, -0.2) is 57.4 Å². The highest BCUT2D eigenvalue weighted by Crippen LogP contribution is 2.34. The zero-order chi connectivity index (χ0) is 22.7. The summed E-state index contributed by atoms with van der Waals surface area (Å²) in [7, 11) is 0. The van der Waals surface area contributed by atoms with Crippen molar-refractivity contribution >= 4 is 51.7 Å². The topological polar surface area (TPSA) is 67.2 Å². The molecule has 0 atom stereocenters. The molecule has 0 saturated carbocycles. The van der Waals surface area contributed by atoms with E-state index in [0.29, 0.717) is 58.4 Å². The predicted octanol–water partition coefficient (Wildman–Crippen LogP) is 3.56. The number of nitrogens with zero attached hydrogens (tertiary/aromatic N) is 4. The van der Waals surface area contributed by atoms with E-state index >= 15 is 0 Å². The molecule has 2 aromatic heterocycles. The Kier molecular flexibility index (Phi) is 7.27. The lowest BCUT2D eigenvalue weighted by molar-refractivity contribution is -0.122. The number of pyridine rings is 1. The van der Waals surface area contributed by atoms with Crippen LogP contribution in [0.25, 0.3) is 11.7 Å². The Morgan fingerprint density at radius 2 is 2.06 bits per heavy atom. The van der Waals surface area contributed by atoms with E-state index in [1.165, 1.54) is 16.2 Å². The average molecular weight is 473 g/mol. The van der Waals surface area contributed by atoms with Crippen LogP contribution in [0.5, 0.6) is 0 Å². The summed E-state index contributed by atoms with van der Waals surface area (Å²) in [5.74, 6) is 1.14. The molecule has 0 spiro atoms. The number of piperidine rings is 1. The van der Waals surface area contributed by atoms with Crippen LogP contribution in [0.2, 0.25) is 0 Å². The Morgan fingerprint density at radius 3 is 2.81 bits per heavy atom. The largest absolute Gasteiger partial charge is 0.382 e. The third-order valence-corrected chi connectivity index (χ3v) is 7.23. The fraction of sp³-hybridized carbons (Fsp3) is 0.478. The maximum absolute atomic E-state index is 13.4. The molecular weight excluding hydrogens is 444 g/mol. The molecule has 0 radical (unpaired) electrons. The lowest BCUT2D eigenvalue weighted by atomic mass is 9.99. The molecule has 4 heterocycles. The van der Waals surface area contributed by atoms with E-state index in [4.69, 9.17) is 21.9 Å². The number of thioether (sulfide) groups is 1. The van der Waals surface area contributed by atoms with Gasteiger partial charge in [-0.25, -0.2) is 4.98 Å². The van der Waals surface area contributed by atoms with Gasteiger partial charge >= 0.3 is 0 Å². The van der Waals surface area contributed by atoms with Gasteiger partial charge in [-0.1, -0.05) is 37.0 Å². The number of thiocarbonyl (C=S) groups is 1. The number of rotatable bonds is 7. The first-order chi connectivity index (χ1) is 15.5. The number of anilines is 1. The first-order valence-corrected chi connectivity index (χ1v) is 12.3. The lowest BCUT2D eigenvalue weighted by Crippen LogP contribution is -2.36. The first-order valence-electron chi connectivity index (χ1n) is 11.1. The zero-order valence-electron chi connectivity index (χ0n) is 18.5. The normalized spacial score (nSPS) is 19.0. The fourth-order valence-electron chi connectivity index (χ4n) is 3.97. The van der Waals surface area contributed by atoms with E-state index in [1.807, 2.05) is 19.1 Å². The van der Waals surface area contributed by atoms with Gasteiger partial charge < -0.3 is 9.64 Å². The number of hydrogen-bond acceptors (Lipinski definition) is 7. The van der Waals surface area contributed by atoms with Crippen molar-refractivity contribution in [2.45, 2.75) is 33.1 Å². The Balaban J connectivity index is 1.70. The molecule has 170 valence electrons. The number of ether oxygens (including phenoxy) is 1. The highest BCUT2D eigenvalue weighted by molar-refractivity contribution is 8.26. The maximum Gasteiger partial charge on any atom is 0.267 e. The molecule has 32 heavy (non-hydrogen) atoms. The van der Waals surface area contributed by atoms with Crippen molar-refractivity contribution in [2.75, 3.05) is 37.7 Å². The number of hydrogen-bond donors (Lipinski definition) is 0. The molecule has 0 unspecified atom stereocenters. The third kappa shape index (κ3) is 4.74. The van der Waals surface area contributed by atoms with Crippen LogP contribution in [0, 0.1) is 5.92 Å².